The SMILES string of the molecule is O=[N+]([O-])c1ccc([C@@H]2N[C@@H](c3ccccc3)Cc3c2[nH]c2ccccc32)cc1. The first kappa shape index (κ1) is 16.7. The second-order valence-electron chi connectivity index (χ2n) is 7.18. The molecule has 2 N–H and O–H groups in total. The average molecular weight is 369 g/mol. The van der Waals surface area contributed by atoms with Gasteiger partial charge in [0, 0.05) is 34.8 Å². The number of nitro benzene ring substituents is 1. The van der Waals surface area contributed by atoms with Gasteiger partial charge in [0.05, 0.1) is 11.0 Å². The van der Waals surface area contributed by atoms with Gasteiger partial charge < -0.3 is 4.98 Å². The minimum Gasteiger partial charge on any atom is -0.357 e. The molecule has 0 unspecified atom stereocenters. The van der Waals surface area contributed by atoms with Crippen LogP contribution < -0.4 is 5.32 Å². The zero-order valence-corrected chi connectivity index (χ0v) is 15.1. The largest absolute Gasteiger partial charge is 0.357 e. The monoisotopic (exact) mass is 369 g/mol. The van der Waals surface area contributed by atoms with Gasteiger partial charge in [-0.1, -0.05) is 60.7 Å². The van der Waals surface area contributed by atoms with Gasteiger partial charge in [0.1, 0.15) is 0 Å². The molecule has 0 aliphatic carbocycles. The molecule has 0 bridgehead atoms. The number of rotatable bonds is 3. The zero-order chi connectivity index (χ0) is 19.1. The van der Waals surface area contributed by atoms with Gasteiger partial charge in [0.15, 0.2) is 0 Å². The summed E-state index contributed by atoms with van der Waals surface area (Å²) in [6, 6.07) is 25.7. The van der Waals surface area contributed by atoms with Crippen molar-refractivity contribution in [2.75, 3.05) is 0 Å². The van der Waals surface area contributed by atoms with Gasteiger partial charge in [-0.25, -0.2) is 0 Å². The van der Waals surface area contributed by atoms with Gasteiger partial charge in [-0.15, -0.1) is 0 Å². The summed E-state index contributed by atoms with van der Waals surface area (Å²) in [4.78, 5) is 14.2. The molecule has 1 aromatic heterocycles. The molecular weight excluding hydrogens is 350 g/mol. The van der Waals surface area contributed by atoms with E-state index in [1.165, 1.54) is 16.5 Å². The molecular formula is C23H19N3O2. The van der Waals surface area contributed by atoms with Crippen molar-refractivity contribution < 1.29 is 4.92 Å². The van der Waals surface area contributed by atoms with Crippen LogP contribution in [-0.2, 0) is 6.42 Å². The van der Waals surface area contributed by atoms with E-state index in [0.29, 0.717) is 0 Å². The smallest absolute Gasteiger partial charge is 0.269 e. The lowest BCUT2D eigenvalue weighted by atomic mass is 9.87. The Kier molecular flexibility index (Phi) is 3.95. The van der Waals surface area contributed by atoms with Crippen molar-refractivity contribution in [1.82, 2.24) is 10.3 Å². The average Bonchev–Trinajstić information content (AvgIpc) is 3.12. The second kappa shape index (κ2) is 6.62. The summed E-state index contributed by atoms with van der Waals surface area (Å²) in [5.41, 5.74) is 5.93. The van der Waals surface area contributed by atoms with Crippen LogP contribution in [0.15, 0.2) is 78.9 Å². The Bertz CT molecular complexity index is 1150. The van der Waals surface area contributed by atoms with Crippen molar-refractivity contribution in [1.29, 1.82) is 0 Å². The normalized spacial score (nSPS) is 18.7. The first-order chi connectivity index (χ1) is 13.7. The van der Waals surface area contributed by atoms with Gasteiger partial charge in [-0.05, 0) is 29.2 Å². The number of hydrogen-bond donors (Lipinski definition) is 2. The Morgan fingerprint density at radius 1 is 0.857 bits per heavy atom. The number of nitro groups is 1. The van der Waals surface area contributed by atoms with Crippen LogP contribution in [0.1, 0.15) is 34.5 Å². The summed E-state index contributed by atoms with van der Waals surface area (Å²) in [6.07, 6.45) is 0.896. The predicted octanol–water partition coefficient (Wildman–Crippen LogP) is 5.05. The first-order valence-corrected chi connectivity index (χ1v) is 9.35. The van der Waals surface area contributed by atoms with E-state index in [9.17, 15) is 10.1 Å². The molecule has 1 aliphatic rings. The number of non-ortho nitro benzene ring substituents is 1. The molecule has 0 amide bonds. The molecule has 138 valence electrons. The predicted molar refractivity (Wildman–Crippen MR) is 109 cm³/mol. The van der Waals surface area contributed by atoms with E-state index in [4.69, 9.17) is 0 Å². The van der Waals surface area contributed by atoms with Crippen LogP contribution in [0.5, 0.6) is 0 Å². The second-order valence-corrected chi connectivity index (χ2v) is 7.18. The van der Waals surface area contributed by atoms with E-state index < -0.39 is 0 Å². The molecule has 2 heterocycles. The molecule has 0 saturated heterocycles. The maximum atomic E-state index is 11.0. The van der Waals surface area contributed by atoms with E-state index in [1.807, 2.05) is 24.3 Å². The van der Waals surface area contributed by atoms with Crippen molar-refractivity contribution >= 4 is 16.6 Å². The molecule has 5 rings (SSSR count). The summed E-state index contributed by atoms with van der Waals surface area (Å²) in [7, 11) is 0. The lowest BCUT2D eigenvalue weighted by molar-refractivity contribution is -0.384. The third-order valence-corrected chi connectivity index (χ3v) is 5.55. The number of para-hydroxylation sites is 1. The number of hydrogen-bond acceptors (Lipinski definition) is 3. The molecule has 0 spiro atoms. The highest BCUT2D eigenvalue weighted by Gasteiger charge is 2.31. The van der Waals surface area contributed by atoms with E-state index in [1.54, 1.807) is 12.1 Å². The number of benzene rings is 3. The van der Waals surface area contributed by atoms with E-state index in [-0.39, 0.29) is 22.7 Å². The third kappa shape index (κ3) is 2.77. The fourth-order valence-corrected chi connectivity index (χ4v) is 4.19. The summed E-state index contributed by atoms with van der Waals surface area (Å²) in [6.45, 7) is 0. The standard InChI is InChI=1S/C23H19N3O2/c27-26(28)17-12-10-16(11-13-17)22-23-19(18-8-4-5-9-20(18)24-23)14-21(25-22)15-6-2-1-3-7-15/h1-13,21-22,24-25H,14H2/t21-,22+/m1/s1. The molecule has 5 nitrogen and oxygen atoms in total. The van der Waals surface area contributed by atoms with Gasteiger partial charge >= 0.3 is 0 Å². The third-order valence-electron chi connectivity index (χ3n) is 5.55. The number of nitrogens with zero attached hydrogens (tertiary/aromatic N) is 1. The fraction of sp³-hybridized carbons (Fsp3) is 0.130. The number of H-pyrrole nitrogens is 1. The molecule has 1 aliphatic heterocycles. The van der Waals surface area contributed by atoms with E-state index >= 15 is 0 Å². The van der Waals surface area contributed by atoms with E-state index in [0.717, 1.165) is 23.2 Å². The van der Waals surface area contributed by atoms with Gasteiger partial charge in [0.25, 0.3) is 5.69 Å². The Morgan fingerprint density at radius 2 is 1.57 bits per heavy atom. The highest BCUT2D eigenvalue weighted by Crippen LogP contribution is 2.39. The summed E-state index contributed by atoms with van der Waals surface area (Å²) < 4.78 is 0. The zero-order valence-electron chi connectivity index (χ0n) is 15.1. The molecule has 2 atom stereocenters. The van der Waals surface area contributed by atoms with Gasteiger partial charge in [-0.3, -0.25) is 15.4 Å². The number of nitrogens with one attached hydrogen (secondary N) is 2. The van der Waals surface area contributed by atoms with Crippen molar-refractivity contribution in [3.05, 3.63) is 111 Å². The molecule has 28 heavy (non-hydrogen) atoms. The fourth-order valence-electron chi connectivity index (χ4n) is 4.19. The number of fused-ring (bicyclic) bond motifs is 3. The Morgan fingerprint density at radius 3 is 2.32 bits per heavy atom. The molecule has 4 aromatic rings. The Balaban J connectivity index is 1.64. The van der Waals surface area contributed by atoms with Crippen LogP contribution in [0.3, 0.4) is 0 Å². The van der Waals surface area contributed by atoms with Crippen LogP contribution in [0.4, 0.5) is 5.69 Å². The van der Waals surface area contributed by atoms with Crippen LogP contribution in [0, 0.1) is 10.1 Å². The summed E-state index contributed by atoms with van der Waals surface area (Å²) in [5.74, 6) is 0. The highest BCUT2D eigenvalue weighted by atomic mass is 16.6. The van der Waals surface area contributed by atoms with Crippen molar-refractivity contribution in [2.24, 2.45) is 0 Å². The Labute approximate surface area is 162 Å². The number of aromatic nitrogens is 1. The Hall–Kier alpha value is -3.44. The molecule has 0 saturated carbocycles. The number of aromatic amines is 1. The maximum absolute atomic E-state index is 11.0. The minimum atomic E-state index is -0.362. The summed E-state index contributed by atoms with van der Waals surface area (Å²) in [5, 5.41) is 16.0. The lowest BCUT2D eigenvalue weighted by Crippen LogP contribution is -2.34. The van der Waals surface area contributed by atoms with Crippen LogP contribution in [0.2, 0.25) is 0 Å². The van der Waals surface area contributed by atoms with Crippen molar-refractivity contribution in [3.8, 4) is 0 Å². The van der Waals surface area contributed by atoms with Crippen LogP contribution >= 0.6 is 0 Å². The molecule has 0 radical (unpaired) electrons. The van der Waals surface area contributed by atoms with Crippen LogP contribution in [-0.4, -0.2) is 9.91 Å². The van der Waals surface area contributed by atoms with Gasteiger partial charge in [0.2, 0.25) is 0 Å². The molecule has 0 fully saturated rings. The maximum Gasteiger partial charge on any atom is 0.269 e. The molecule has 5 heteroatoms. The quantitative estimate of drug-likeness (QED) is 0.392. The first-order valence-electron chi connectivity index (χ1n) is 9.35. The highest BCUT2D eigenvalue weighted by molar-refractivity contribution is 5.85. The minimum absolute atomic E-state index is 0.0536. The lowest BCUT2D eigenvalue weighted by Gasteiger charge is -2.32. The van der Waals surface area contributed by atoms with Crippen molar-refractivity contribution in [3.63, 3.8) is 0 Å². The summed E-state index contributed by atoms with van der Waals surface area (Å²) >= 11 is 0. The topological polar surface area (TPSA) is 71.0 Å². The van der Waals surface area contributed by atoms with Gasteiger partial charge in [-0.2, -0.15) is 0 Å². The van der Waals surface area contributed by atoms with Crippen LogP contribution in [0.25, 0.3) is 10.9 Å². The van der Waals surface area contributed by atoms with E-state index in [2.05, 4.69) is 52.8 Å². The van der Waals surface area contributed by atoms with Crippen molar-refractivity contribution in [2.45, 2.75) is 18.5 Å². The molecule has 3 aromatic carbocycles.